The van der Waals surface area contributed by atoms with Crippen molar-refractivity contribution in [2.75, 3.05) is 42.8 Å². The van der Waals surface area contributed by atoms with Crippen LogP contribution < -0.4 is 34.3 Å². The van der Waals surface area contributed by atoms with Crippen molar-refractivity contribution in [2.45, 2.75) is 31.1 Å². The highest BCUT2D eigenvalue weighted by Crippen LogP contribution is 2.42. The molecule has 3 N–H and O–H groups in total. The van der Waals surface area contributed by atoms with Crippen molar-refractivity contribution in [1.82, 2.24) is 4.98 Å². The van der Waals surface area contributed by atoms with E-state index in [1.807, 2.05) is 20.8 Å². The summed E-state index contributed by atoms with van der Waals surface area (Å²) in [4.78, 5) is 30.1. The van der Waals surface area contributed by atoms with Crippen molar-refractivity contribution in [3.05, 3.63) is 120 Å². The van der Waals surface area contributed by atoms with E-state index in [1.165, 1.54) is 44.7 Å². The number of carbonyl (C=O) groups is 2. The molecule has 2 amide bonds. The molecule has 1 heterocycles. The molecule has 0 fully saturated rings. The Hall–Kier alpha value is -6.28. The average molecular weight is 741 g/mol. The number of nitrogens with zero attached hydrogens (tertiary/aromatic N) is 1. The summed E-state index contributed by atoms with van der Waals surface area (Å²) >= 11 is 0. The Balaban J connectivity index is 1.52. The number of aromatic nitrogens is 1. The molecule has 0 aliphatic carbocycles. The predicted molar refractivity (Wildman–Crippen MR) is 201 cm³/mol. The largest absolute Gasteiger partial charge is 0.497 e. The molecule has 0 aliphatic rings. The Morgan fingerprint density at radius 1 is 0.755 bits per heavy atom. The van der Waals surface area contributed by atoms with Gasteiger partial charge < -0.3 is 29.0 Å². The standard InChI is InChI=1S/C39H40N4O9S/c1-39(2,3)27-15-17-32(18-16-27)53(46,47)43-33-22-26(37(44)41-28-10-8-11-29(24-28)48-4)23-34(36(33)52-31-13-9-12-30(25-31)49-5)50-20-21-51-38(45)42-35-14-6-7-19-40-35/h6-19,22-25,43H,20-21H2,1-5H3,(H,41,44)(H,40,42,45). The van der Waals surface area contributed by atoms with Gasteiger partial charge in [-0.25, -0.2) is 18.2 Å². The number of sulfonamides is 1. The van der Waals surface area contributed by atoms with Crippen LogP contribution in [0.1, 0.15) is 36.7 Å². The molecule has 0 saturated heterocycles. The first-order chi connectivity index (χ1) is 25.3. The SMILES string of the molecule is COc1cccc(NC(=O)c2cc(NS(=O)(=O)c3ccc(C(C)(C)C)cc3)c(Oc3cccc(OC)c3)c(OCCOC(=O)Nc3ccccn3)c2)c1. The molecule has 5 aromatic rings. The van der Waals surface area contributed by atoms with Crippen LogP contribution in [-0.2, 0) is 20.2 Å². The van der Waals surface area contributed by atoms with E-state index in [-0.39, 0.29) is 52.0 Å². The van der Waals surface area contributed by atoms with Crippen LogP contribution >= 0.6 is 0 Å². The number of rotatable bonds is 14. The van der Waals surface area contributed by atoms with Crippen LogP contribution in [0.2, 0.25) is 0 Å². The van der Waals surface area contributed by atoms with Crippen LogP contribution in [0.25, 0.3) is 0 Å². The van der Waals surface area contributed by atoms with Gasteiger partial charge in [-0.05, 0) is 71.6 Å². The number of hydrogen-bond donors (Lipinski definition) is 3. The summed E-state index contributed by atoms with van der Waals surface area (Å²) in [6.45, 7) is 5.65. The zero-order valence-electron chi connectivity index (χ0n) is 29.8. The first-order valence-corrected chi connectivity index (χ1v) is 17.9. The van der Waals surface area contributed by atoms with Gasteiger partial charge in [-0.15, -0.1) is 0 Å². The molecular formula is C39H40N4O9S. The molecule has 0 unspecified atom stereocenters. The second kappa shape index (κ2) is 16.8. The van der Waals surface area contributed by atoms with Crippen molar-refractivity contribution in [1.29, 1.82) is 0 Å². The maximum absolute atomic E-state index is 13.9. The van der Waals surface area contributed by atoms with E-state index >= 15 is 0 Å². The van der Waals surface area contributed by atoms with Crippen LogP contribution in [0.5, 0.6) is 28.7 Å². The number of ether oxygens (including phenoxy) is 5. The third-order valence-electron chi connectivity index (χ3n) is 7.65. The summed E-state index contributed by atoms with van der Waals surface area (Å²) < 4.78 is 58.6. The molecule has 53 heavy (non-hydrogen) atoms. The minimum absolute atomic E-state index is 0.0150. The number of carbonyl (C=O) groups excluding carboxylic acids is 2. The summed E-state index contributed by atoms with van der Waals surface area (Å²) in [5.41, 5.74) is 1.10. The van der Waals surface area contributed by atoms with Crippen LogP contribution in [0.3, 0.4) is 0 Å². The number of anilines is 3. The summed E-state index contributed by atoms with van der Waals surface area (Å²) in [7, 11) is -1.23. The van der Waals surface area contributed by atoms with Gasteiger partial charge in [-0.3, -0.25) is 14.8 Å². The normalized spacial score (nSPS) is 11.2. The molecule has 4 aromatic carbocycles. The zero-order chi connectivity index (χ0) is 38.0. The smallest absolute Gasteiger partial charge is 0.412 e. The van der Waals surface area contributed by atoms with Crippen LogP contribution in [-0.4, -0.2) is 52.8 Å². The lowest BCUT2D eigenvalue weighted by Crippen LogP contribution is -2.19. The number of pyridine rings is 1. The highest BCUT2D eigenvalue weighted by Gasteiger charge is 2.25. The van der Waals surface area contributed by atoms with E-state index in [9.17, 15) is 18.0 Å². The van der Waals surface area contributed by atoms with Gasteiger partial charge in [0.2, 0.25) is 0 Å². The third-order valence-corrected chi connectivity index (χ3v) is 9.03. The first kappa shape index (κ1) is 38.0. The van der Waals surface area contributed by atoms with Gasteiger partial charge in [-0.2, -0.15) is 0 Å². The third kappa shape index (κ3) is 10.4. The Morgan fingerprint density at radius 2 is 1.45 bits per heavy atom. The fourth-order valence-corrected chi connectivity index (χ4v) is 5.96. The van der Waals surface area contributed by atoms with Gasteiger partial charge in [0, 0.05) is 29.6 Å². The van der Waals surface area contributed by atoms with Crippen molar-refractivity contribution in [3.63, 3.8) is 0 Å². The minimum Gasteiger partial charge on any atom is -0.497 e. The van der Waals surface area contributed by atoms with Crippen LogP contribution in [0.4, 0.5) is 22.0 Å². The number of amides is 2. The number of methoxy groups -OCH3 is 2. The van der Waals surface area contributed by atoms with Gasteiger partial charge in [-0.1, -0.05) is 51.1 Å². The average Bonchev–Trinajstić information content (AvgIpc) is 3.14. The second-order valence-corrected chi connectivity index (χ2v) is 14.2. The molecule has 0 radical (unpaired) electrons. The van der Waals surface area contributed by atoms with E-state index in [0.717, 1.165) is 5.56 Å². The van der Waals surface area contributed by atoms with E-state index in [0.29, 0.717) is 23.0 Å². The Morgan fingerprint density at radius 3 is 2.13 bits per heavy atom. The summed E-state index contributed by atoms with van der Waals surface area (Å²) in [5, 5.41) is 5.31. The molecule has 0 bridgehead atoms. The summed E-state index contributed by atoms with van der Waals surface area (Å²) in [6.07, 6.45) is 0.754. The lowest BCUT2D eigenvalue weighted by Gasteiger charge is -2.21. The monoisotopic (exact) mass is 740 g/mol. The Kier molecular flexibility index (Phi) is 12.1. The van der Waals surface area contributed by atoms with Gasteiger partial charge >= 0.3 is 6.09 Å². The molecule has 0 saturated carbocycles. The molecule has 0 aliphatic heterocycles. The van der Waals surface area contributed by atoms with E-state index in [2.05, 4.69) is 20.3 Å². The van der Waals surface area contributed by atoms with Crippen molar-refractivity contribution >= 4 is 39.2 Å². The zero-order valence-corrected chi connectivity index (χ0v) is 30.7. The van der Waals surface area contributed by atoms with Gasteiger partial charge in [0.25, 0.3) is 15.9 Å². The molecule has 0 atom stereocenters. The maximum atomic E-state index is 13.9. The maximum Gasteiger partial charge on any atom is 0.412 e. The number of hydrogen-bond acceptors (Lipinski definition) is 10. The molecule has 5 rings (SSSR count). The summed E-state index contributed by atoms with van der Waals surface area (Å²) in [6, 6.07) is 27.7. The fraction of sp³-hybridized carbons (Fsp3) is 0.205. The highest BCUT2D eigenvalue weighted by molar-refractivity contribution is 7.92. The lowest BCUT2D eigenvalue weighted by atomic mass is 9.87. The first-order valence-electron chi connectivity index (χ1n) is 16.4. The van der Waals surface area contributed by atoms with Crippen LogP contribution in [0.15, 0.2) is 114 Å². The van der Waals surface area contributed by atoms with Crippen molar-refractivity contribution in [2.24, 2.45) is 0 Å². The molecule has 1 aromatic heterocycles. The fourth-order valence-electron chi connectivity index (χ4n) is 4.91. The van der Waals surface area contributed by atoms with Gasteiger partial charge in [0.05, 0.1) is 24.8 Å². The molecule has 13 nitrogen and oxygen atoms in total. The number of benzene rings is 4. The second-order valence-electron chi connectivity index (χ2n) is 12.5. The highest BCUT2D eigenvalue weighted by atomic mass is 32.2. The van der Waals surface area contributed by atoms with Crippen LogP contribution in [0, 0.1) is 0 Å². The summed E-state index contributed by atoms with van der Waals surface area (Å²) in [5.74, 6) is 0.900. The van der Waals surface area contributed by atoms with E-state index in [4.69, 9.17) is 23.7 Å². The molecule has 14 heteroatoms. The predicted octanol–water partition coefficient (Wildman–Crippen LogP) is 7.87. The van der Waals surface area contributed by atoms with Gasteiger partial charge in [0.1, 0.15) is 36.3 Å². The van der Waals surface area contributed by atoms with Crippen molar-refractivity contribution in [3.8, 4) is 28.7 Å². The Bertz CT molecular complexity index is 2150. The number of nitrogens with one attached hydrogen (secondary N) is 3. The van der Waals surface area contributed by atoms with E-state index < -0.39 is 22.0 Å². The minimum atomic E-state index is -4.24. The lowest BCUT2D eigenvalue weighted by molar-refractivity contribution is 0.102. The van der Waals surface area contributed by atoms with Crippen molar-refractivity contribution < 1.29 is 41.7 Å². The molecule has 276 valence electrons. The molecular weight excluding hydrogens is 701 g/mol. The Labute approximate surface area is 308 Å². The topological polar surface area (TPSA) is 163 Å². The van der Waals surface area contributed by atoms with E-state index in [1.54, 1.807) is 78.9 Å². The molecule has 0 spiro atoms. The van der Waals surface area contributed by atoms with Gasteiger partial charge in [0.15, 0.2) is 11.5 Å². The quantitative estimate of drug-likeness (QED) is 0.0955.